The maximum atomic E-state index is 13.8. The third kappa shape index (κ3) is 4.29. The highest BCUT2D eigenvalue weighted by Crippen LogP contribution is 2.28. The van der Waals surface area contributed by atoms with Gasteiger partial charge >= 0.3 is 0 Å². The highest BCUT2D eigenvalue weighted by Gasteiger charge is 2.29. The van der Waals surface area contributed by atoms with Gasteiger partial charge in [-0.3, -0.25) is 4.79 Å². The summed E-state index contributed by atoms with van der Waals surface area (Å²) in [5, 5.41) is 2.25. The van der Waals surface area contributed by atoms with Gasteiger partial charge in [0.1, 0.15) is 5.56 Å². The molecule has 0 radical (unpaired) electrons. The van der Waals surface area contributed by atoms with Crippen molar-refractivity contribution in [2.45, 2.75) is 12.3 Å². The fourth-order valence-electron chi connectivity index (χ4n) is 3.12. The molecule has 0 spiro atoms. The molecular weight excluding hydrogens is 389 g/mol. The summed E-state index contributed by atoms with van der Waals surface area (Å²) >= 11 is 0. The molecule has 0 aliphatic heterocycles. The van der Waals surface area contributed by atoms with Crippen molar-refractivity contribution in [3.8, 4) is 0 Å². The van der Waals surface area contributed by atoms with Crippen molar-refractivity contribution in [1.82, 2.24) is 5.32 Å². The number of nitrogens with one attached hydrogen (secondary N) is 1. The maximum Gasteiger partial charge on any atom is 0.257 e. The predicted molar refractivity (Wildman–Crippen MR) is 97.9 cm³/mol. The van der Waals surface area contributed by atoms with Crippen LogP contribution in [0.1, 0.15) is 33.8 Å². The van der Waals surface area contributed by atoms with E-state index in [1.807, 2.05) is 60.7 Å². The Morgan fingerprint density at radius 2 is 1.10 bits per heavy atom. The van der Waals surface area contributed by atoms with Crippen LogP contribution in [0.4, 0.5) is 22.0 Å². The summed E-state index contributed by atoms with van der Waals surface area (Å²) in [6.45, 7) is -0.0349. The number of amides is 1. The Kier molecular flexibility index (Phi) is 6.26. The Hall–Kier alpha value is -3.22. The lowest BCUT2D eigenvalue weighted by atomic mass is 9.88. The van der Waals surface area contributed by atoms with E-state index in [9.17, 15) is 26.7 Å². The second-order valence-corrected chi connectivity index (χ2v) is 6.36. The van der Waals surface area contributed by atoms with Crippen LogP contribution >= 0.6 is 0 Å². The van der Waals surface area contributed by atoms with E-state index in [0.717, 1.165) is 11.1 Å². The first-order chi connectivity index (χ1) is 13.9. The average molecular weight is 405 g/mol. The van der Waals surface area contributed by atoms with E-state index in [1.165, 1.54) is 0 Å². The molecule has 150 valence electrons. The van der Waals surface area contributed by atoms with Crippen molar-refractivity contribution in [1.29, 1.82) is 0 Å². The Bertz CT molecular complexity index is 940. The summed E-state index contributed by atoms with van der Waals surface area (Å²) in [7, 11) is 0. The largest absolute Gasteiger partial charge is 0.352 e. The van der Waals surface area contributed by atoms with Gasteiger partial charge in [0.05, 0.1) is 0 Å². The summed E-state index contributed by atoms with van der Waals surface area (Å²) in [6.07, 6.45) is 0.356. The highest BCUT2D eigenvalue weighted by atomic mass is 19.2. The molecule has 1 amide bonds. The highest BCUT2D eigenvalue weighted by molar-refractivity contribution is 5.94. The summed E-state index contributed by atoms with van der Waals surface area (Å²) < 4.78 is 67.3. The van der Waals surface area contributed by atoms with Crippen LogP contribution in [-0.2, 0) is 0 Å². The van der Waals surface area contributed by atoms with Crippen molar-refractivity contribution in [3.63, 3.8) is 0 Å². The quantitative estimate of drug-likeness (QED) is 0.335. The predicted octanol–water partition coefficient (Wildman–Crippen LogP) is 5.33. The van der Waals surface area contributed by atoms with Gasteiger partial charge in [0.25, 0.3) is 5.91 Å². The third-order valence-electron chi connectivity index (χ3n) is 4.56. The van der Waals surface area contributed by atoms with Crippen LogP contribution in [0.15, 0.2) is 60.7 Å². The van der Waals surface area contributed by atoms with Crippen LogP contribution in [-0.4, -0.2) is 12.5 Å². The first kappa shape index (κ1) is 20.5. The normalized spacial score (nSPS) is 11.0. The topological polar surface area (TPSA) is 29.1 Å². The lowest BCUT2D eigenvalue weighted by Crippen LogP contribution is -2.29. The molecule has 0 bridgehead atoms. The molecule has 0 saturated heterocycles. The molecule has 2 nitrogen and oxygen atoms in total. The van der Waals surface area contributed by atoms with E-state index < -0.39 is 40.6 Å². The standard InChI is InChI=1S/C22H16F5NO/c23-17-16(18(24)20(26)21(27)19(17)25)22(29)28-12-11-15(13-7-3-1-4-8-13)14-9-5-2-6-10-14/h1-10,15H,11-12H2,(H,28,29). The lowest BCUT2D eigenvalue weighted by molar-refractivity contribution is 0.0941. The van der Waals surface area contributed by atoms with Crippen LogP contribution in [0.25, 0.3) is 0 Å². The molecule has 3 rings (SSSR count). The van der Waals surface area contributed by atoms with E-state index in [2.05, 4.69) is 5.32 Å². The number of benzene rings is 3. The van der Waals surface area contributed by atoms with Gasteiger partial charge in [0, 0.05) is 12.5 Å². The minimum absolute atomic E-state index is 0.0349. The number of rotatable bonds is 6. The first-order valence-electron chi connectivity index (χ1n) is 8.81. The minimum atomic E-state index is -2.30. The zero-order valence-corrected chi connectivity index (χ0v) is 15.1. The van der Waals surface area contributed by atoms with E-state index in [0.29, 0.717) is 6.42 Å². The molecule has 3 aromatic carbocycles. The van der Waals surface area contributed by atoms with Crippen molar-refractivity contribution in [3.05, 3.63) is 106 Å². The molecule has 3 aromatic rings. The molecule has 0 unspecified atom stereocenters. The fraction of sp³-hybridized carbons (Fsp3) is 0.136. The van der Waals surface area contributed by atoms with Crippen LogP contribution in [0.3, 0.4) is 0 Å². The number of carbonyl (C=O) groups is 1. The molecule has 0 fully saturated rings. The van der Waals surface area contributed by atoms with Gasteiger partial charge in [-0.25, -0.2) is 22.0 Å². The molecule has 0 atom stereocenters. The number of carbonyl (C=O) groups excluding carboxylic acids is 1. The SMILES string of the molecule is O=C(NCCC(c1ccccc1)c1ccccc1)c1c(F)c(F)c(F)c(F)c1F. The maximum absolute atomic E-state index is 13.8. The molecule has 0 aromatic heterocycles. The van der Waals surface area contributed by atoms with E-state index in [1.54, 1.807) is 0 Å². The van der Waals surface area contributed by atoms with Crippen molar-refractivity contribution < 1.29 is 26.7 Å². The number of hydrogen-bond acceptors (Lipinski definition) is 1. The zero-order chi connectivity index (χ0) is 21.0. The van der Waals surface area contributed by atoms with Crippen LogP contribution in [0, 0.1) is 29.1 Å². The Morgan fingerprint density at radius 3 is 1.55 bits per heavy atom. The molecule has 0 saturated carbocycles. The van der Waals surface area contributed by atoms with Crippen LogP contribution < -0.4 is 5.32 Å². The van der Waals surface area contributed by atoms with E-state index in [-0.39, 0.29) is 12.5 Å². The number of hydrogen-bond donors (Lipinski definition) is 1. The van der Waals surface area contributed by atoms with Crippen molar-refractivity contribution in [2.75, 3.05) is 6.54 Å². The van der Waals surface area contributed by atoms with Gasteiger partial charge in [-0.05, 0) is 17.5 Å². The minimum Gasteiger partial charge on any atom is -0.352 e. The van der Waals surface area contributed by atoms with Gasteiger partial charge in [0.15, 0.2) is 23.3 Å². The van der Waals surface area contributed by atoms with E-state index >= 15 is 0 Å². The van der Waals surface area contributed by atoms with E-state index in [4.69, 9.17) is 0 Å². The molecule has 0 heterocycles. The second-order valence-electron chi connectivity index (χ2n) is 6.36. The monoisotopic (exact) mass is 405 g/mol. The third-order valence-corrected chi connectivity index (χ3v) is 4.56. The average Bonchev–Trinajstić information content (AvgIpc) is 2.75. The van der Waals surface area contributed by atoms with Gasteiger partial charge in [-0.1, -0.05) is 60.7 Å². The van der Waals surface area contributed by atoms with Crippen molar-refractivity contribution >= 4 is 5.91 Å². The summed E-state index contributed by atoms with van der Waals surface area (Å²) in [5.74, 6) is -12.4. The molecule has 29 heavy (non-hydrogen) atoms. The summed E-state index contributed by atoms with van der Waals surface area (Å²) in [5.41, 5.74) is 0.436. The number of halogens is 5. The van der Waals surface area contributed by atoms with Crippen molar-refractivity contribution in [2.24, 2.45) is 0 Å². The zero-order valence-electron chi connectivity index (χ0n) is 15.1. The van der Waals surface area contributed by atoms with Crippen LogP contribution in [0.5, 0.6) is 0 Å². The molecule has 1 N–H and O–H groups in total. The van der Waals surface area contributed by atoms with Gasteiger partial charge in [-0.15, -0.1) is 0 Å². The Balaban J connectivity index is 1.78. The Labute approximate surface area is 164 Å². The molecular formula is C22H16F5NO. The smallest absolute Gasteiger partial charge is 0.257 e. The Morgan fingerprint density at radius 1 is 0.690 bits per heavy atom. The molecule has 0 aliphatic carbocycles. The van der Waals surface area contributed by atoms with Gasteiger partial charge in [-0.2, -0.15) is 0 Å². The summed E-state index contributed by atoms with van der Waals surface area (Å²) in [6, 6.07) is 18.8. The fourth-order valence-corrected chi connectivity index (χ4v) is 3.12. The molecule has 0 aliphatic rings. The lowest BCUT2D eigenvalue weighted by Gasteiger charge is -2.18. The van der Waals surface area contributed by atoms with Gasteiger partial charge in [0.2, 0.25) is 5.82 Å². The first-order valence-corrected chi connectivity index (χ1v) is 8.81. The second kappa shape index (κ2) is 8.86. The van der Waals surface area contributed by atoms with Crippen LogP contribution in [0.2, 0.25) is 0 Å². The van der Waals surface area contributed by atoms with Gasteiger partial charge < -0.3 is 5.32 Å². The summed E-state index contributed by atoms with van der Waals surface area (Å²) in [4.78, 5) is 12.1. The molecule has 7 heteroatoms.